The number of nitrogens with zero attached hydrogens (tertiary/aromatic N) is 1. The van der Waals surface area contributed by atoms with Gasteiger partial charge in [0.25, 0.3) is 0 Å². The summed E-state index contributed by atoms with van der Waals surface area (Å²) in [7, 11) is -4.04. The predicted octanol–water partition coefficient (Wildman–Crippen LogP) is 1.40. The van der Waals surface area contributed by atoms with Crippen LogP contribution in [0.15, 0.2) is 29.2 Å². The number of rotatable bonds is 6. The minimum absolute atomic E-state index is 0.0511. The number of carbonyl (C=O) groups is 1. The van der Waals surface area contributed by atoms with Gasteiger partial charge in [-0.05, 0) is 19.1 Å². The lowest BCUT2D eigenvalue weighted by Crippen LogP contribution is -2.36. The van der Waals surface area contributed by atoms with E-state index in [4.69, 9.17) is 4.74 Å². The van der Waals surface area contributed by atoms with E-state index in [-0.39, 0.29) is 13.2 Å². The molecule has 0 N–H and O–H groups in total. The van der Waals surface area contributed by atoms with E-state index in [1.165, 1.54) is 18.2 Å². The van der Waals surface area contributed by atoms with Crippen LogP contribution in [0, 0.1) is 5.82 Å². The second kappa shape index (κ2) is 6.63. The van der Waals surface area contributed by atoms with Crippen LogP contribution in [0.4, 0.5) is 4.39 Å². The molecule has 0 saturated heterocycles. The van der Waals surface area contributed by atoms with Crippen molar-refractivity contribution < 1.29 is 22.3 Å². The van der Waals surface area contributed by atoms with Crippen LogP contribution >= 0.6 is 0 Å². The second-order valence-electron chi connectivity index (χ2n) is 3.67. The molecule has 1 rings (SSSR count). The van der Waals surface area contributed by atoms with Gasteiger partial charge in [0.15, 0.2) is 0 Å². The highest BCUT2D eigenvalue weighted by atomic mass is 32.2. The fraction of sp³-hybridized carbons (Fsp3) is 0.417. The van der Waals surface area contributed by atoms with E-state index in [0.717, 1.165) is 10.4 Å². The third-order valence-corrected chi connectivity index (χ3v) is 4.37. The van der Waals surface area contributed by atoms with E-state index in [1.54, 1.807) is 13.8 Å². The average molecular weight is 289 g/mol. The Morgan fingerprint density at radius 2 is 1.95 bits per heavy atom. The zero-order valence-corrected chi connectivity index (χ0v) is 11.6. The third kappa shape index (κ3) is 3.74. The Morgan fingerprint density at radius 1 is 1.32 bits per heavy atom. The summed E-state index contributed by atoms with van der Waals surface area (Å²) in [5.74, 6) is -1.51. The van der Waals surface area contributed by atoms with Crippen molar-refractivity contribution in [2.24, 2.45) is 0 Å². The lowest BCUT2D eigenvalue weighted by molar-refractivity contribution is -0.143. The second-order valence-corrected chi connectivity index (χ2v) is 5.57. The number of hydrogen-bond donors (Lipinski definition) is 0. The first kappa shape index (κ1) is 15.6. The molecule has 0 aliphatic carbocycles. The van der Waals surface area contributed by atoms with Crippen molar-refractivity contribution >= 4 is 16.0 Å². The zero-order valence-electron chi connectivity index (χ0n) is 10.8. The van der Waals surface area contributed by atoms with E-state index in [0.29, 0.717) is 0 Å². The van der Waals surface area contributed by atoms with Gasteiger partial charge in [0.05, 0.1) is 6.61 Å². The highest BCUT2D eigenvalue weighted by Crippen LogP contribution is 2.18. The lowest BCUT2D eigenvalue weighted by atomic mass is 10.4. The van der Waals surface area contributed by atoms with Gasteiger partial charge in [-0.2, -0.15) is 4.31 Å². The first-order valence-corrected chi connectivity index (χ1v) is 7.27. The van der Waals surface area contributed by atoms with Gasteiger partial charge in [-0.3, -0.25) is 4.79 Å². The van der Waals surface area contributed by atoms with Gasteiger partial charge in [0.2, 0.25) is 10.0 Å². The summed E-state index contributed by atoms with van der Waals surface area (Å²) in [6, 6.07) is 5.05. The van der Waals surface area contributed by atoms with E-state index in [9.17, 15) is 17.6 Å². The molecule has 1 aromatic carbocycles. The van der Waals surface area contributed by atoms with Crippen LogP contribution in [0.25, 0.3) is 0 Å². The highest BCUT2D eigenvalue weighted by Gasteiger charge is 2.28. The molecule has 0 aliphatic rings. The summed E-state index contributed by atoms with van der Waals surface area (Å²) in [5, 5.41) is 0. The number of halogens is 1. The molecule has 0 radical (unpaired) electrons. The molecule has 19 heavy (non-hydrogen) atoms. The van der Waals surface area contributed by atoms with Gasteiger partial charge in [-0.25, -0.2) is 12.8 Å². The molecule has 0 heterocycles. The Morgan fingerprint density at radius 3 is 2.47 bits per heavy atom. The number of ether oxygens (including phenoxy) is 1. The number of esters is 1. The third-order valence-electron chi connectivity index (χ3n) is 2.42. The largest absolute Gasteiger partial charge is 0.465 e. The van der Waals surface area contributed by atoms with Crippen LogP contribution in [0.2, 0.25) is 0 Å². The Hall–Kier alpha value is -1.47. The molecule has 0 fully saturated rings. The average Bonchev–Trinajstić information content (AvgIpc) is 2.36. The number of sulfonamides is 1. The number of hydrogen-bond acceptors (Lipinski definition) is 4. The Kier molecular flexibility index (Phi) is 5.44. The minimum atomic E-state index is -4.04. The van der Waals surface area contributed by atoms with E-state index in [1.807, 2.05) is 0 Å². The first-order chi connectivity index (χ1) is 8.93. The van der Waals surface area contributed by atoms with Crippen LogP contribution in [-0.4, -0.2) is 38.4 Å². The summed E-state index contributed by atoms with van der Waals surface area (Å²) in [5.41, 5.74) is 0. The van der Waals surface area contributed by atoms with Gasteiger partial charge in [-0.15, -0.1) is 0 Å². The molecular weight excluding hydrogens is 273 g/mol. The maximum atomic E-state index is 13.5. The first-order valence-electron chi connectivity index (χ1n) is 5.83. The van der Waals surface area contributed by atoms with Crippen molar-refractivity contribution in [3.63, 3.8) is 0 Å². The Labute approximate surface area is 112 Å². The van der Waals surface area contributed by atoms with Crippen LogP contribution in [0.1, 0.15) is 13.8 Å². The standard InChI is InChI=1S/C12H16FNO4S/c1-3-14(9-12(15)18-4-2)19(16,17)11-8-6-5-7-10(11)13/h5-8H,3-4,9H2,1-2H3. The molecule has 7 heteroatoms. The molecule has 0 saturated carbocycles. The summed E-state index contributed by atoms with van der Waals surface area (Å²) in [4.78, 5) is 10.9. The fourth-order valence-corrected chi connectivity index (χ4v) is 2.97. The van der Waals surface area contributed by atoms with Crippen molar-refractivity contribution in [1.29, 1.82) is 0 Å². The number of likely N-dealkylation sites (N-methyl/N-ethyl adjacent to an activating group) is 1. The van der Waals surface area contributed by atoms with Crippen molar-refractivity contribution in [1.82, 2.24) is 4.31 Å². The van der Waals surface area contributed by atoms with Crippen molar-refractivity contribution in [2.45, 2.75) is 18.7 Å². The molecule has 0 bridgehead atoms. The van der Waals surface area contributed by atoms with Crippen LogP contribution in [-0.2, 0) is 19.6 Å². The van der Waals surface area contributed by atoms with Gasteiger partial charge < -0.3 is 4.74 Å². The number of carbonyl (C=O) groups excluding carboxylic acids is 1. The predicted molar refractivity (Wildman–Crippen MR) is 67.5 cm³/mol. The smallest absolute Gasteiger partial charge is 0.321 e. The Balaban J connectivity index is 3.03. The SMILES string of the molecule is CCOC(=O)CN(CC)S(=O)(=O)c1ccccc1F. The maximum absolute atomic E-state index is 13.5. The Bertz CT molecular complexity index is 544. The van der Waals surface area contributed by atoms with Gasteiger partial charge in [0.1, 0.15) is 17.3 Å². The van der Waals surface area contributed by atoms with E-state index < -0.39 is 33.3 Å². The van der Waals surface area contributed by atoms with Crippen molar-refractivity contribution in [2.75, 3.05) is 19.7 Å². The zero-order chi connectivity index (χ0) is 14.5. The molecule has 0 aliphatic heterocycles. The van der Waals surface area contributed by atoms with Crippen LogP contribution < -0.4 is 0 Å². The monoisotopic (exact) mass is 289 g/mol. The molecular formula is C12H16FNO4S. The van der Waals surface area contributed by atoms with Crippen LogP contribution in [0.5, 0.6) is 0 Å². The molecule has 1 aromatic rings. The van der Waals surface area contributed by atoms with Crippen molar-refractivity contribution in [3.8, 4) is 0 Å². The molecule has 0 spiro atoms. The van der Waals surface area contributed by atoms with Crippen LogP contribution in [0.3, 0.4) is 0 Å². The molecule has 106 valence electrons. The minimum Gasteiger partial charge on any atom is -0.465 e. The van der Waals surface area contributed by atoms with Gasteiger partial charge >= 0.3 is 5.97 Å². The number of benzene rings is 1. The maximum Gasteiger partial charge on any atom is 0.321 e. The highest BCUT2D eigenvalue weighted by molar-refractivity contribution is 7.89. The summed E-state index contributed by atoms with van der Waals surface area (Å²) in [6.07, 6.45) is 0. The van der Waals surface area contributed by atoms with E-state index >= 15 is 0 Å². The van der Waals surface area contributed by atoms with Gasteiger partial charge in [-0.1, -0.05) is 19.1 Å². The fourth-order valence-electron chi connectivity index (χ4n) is 1.51. The van der Waals surface area contributed by atoms with E-state index in [2.05, 4.69) is 0 Å². The normalized spacial score (nSPS) is 11.6. The topological polar surface area (TPSA) is 63.7 Å². The van der Waals surface area contributed by atoms with Gasteiger partial charge in [0, 0.05) is 6.54 Å². The van der Waals surface area contributed by atoms with Crippen molar-refractivity contribution in [3.05, 3.63) is 30.1 Å². The quantitative estimate of drug-likeness (QED) is 0.743. The molecule has 0 unspecified atom stereocenters. The molecule has 5 nitrogen and oxygen atoms in total. The molecule has 0 amide bonds. The summed E-state index contributed by atoms with van der Waals surface area (Å²) in [6.45, 7) is 2.98. The molecule has 0 aromatic heterocycles. The molecule has 0 atom stereocenters. The summed E-state index contributed by atoms with van der Waals surface area (Å²) < 4.78 is 43.5. The summed E-state index contributed by atoms with van der Waals surface area (Å²) >= 11 is 0. The lowest BCUT2D eigenvalue weighted by Gasteiger charge is -2.19.